The molecule has 0 bridgehead atoms. The first kappa shape index (κ1) is 21.9. The van der Waals surface area contributed by atoms with Crippen LogP contribution in [-0.4, -0.2) is 25.2 Å². The summed E-state index contributed by atoms with van der Waals surface area (Å²) in [5.74, 6) is 1.86. The zero-order valence-corrected chi connectivity index (χ0v) is 16.4. The van der Waals surface area contributed by atoms with E-state index in [0.29, 0.717) is 24.6 Å². The number of rotatable bonds is 8. The summed E-state index contributed by atoms with van der Waals surface area (Å²) in [5, 5.41) is 6.15. The second-order valence-electron chi connectivity index (χ2n) is 6.75. The second-order valence-corrected chi connectivity index (χ2v) is 6.75. The number of nitrogens with one attached hydrogen (secondary N) is 2. The standard InChI is InChI=1S/C19H26N2O4.ClH/c1-19(2,3)21-18(22)13-25-16-8-7-14(10-17(16)23-4)11-20-12-15-6-5-9-24-15;/h5-10,20H,11-13H2,1-4H3,(H,21,22);1H. The zero-order valence-electron chi connectivity index (χ0n) is 15.6. The van der Waals surface area contributed by atoms with Crippen LogP contribution in [0.5, 0.6) is 11.5 Å². The lowest BCUT2D eigenvalue weighted by Gasteiger charge is -2.20. The SMILES string of the molecule is COc1cc(CNCc2ccco2)ccc1OCC(=O)NC(C)(C)C.Cl. The predicted molar refractivity (Wildman–Crippen MR) is 103 cm³/mol. The Hall–Kier alpha value is -2.18. The molecular formula is C19H27ClN2O4. The first-order valence-electron chi connectivity index (χ1n) is 8.21. The Bertz CT molecular complexity index is 681. The Morgan fingerprint density at radius 2 is 1.92 bits per heavy atom. The minimum absolute atomic E-state index is 0. The first-order valence-corrected chi connectivity index (χ1v) is 8.21. The molecule has 0 saturated heterocycles. The van der Waals surface area contributed by atoms with Crippen LogP contribution in [0.4, 0.5) is 0 Å². The van der Waals surface area contributed by atoms with E-state index in [1.54, 1.807) is 13.4 Å². The van der Waals surface area contributed by atoms with Crippen molar-refractivity contribution in [1.82, 2.24) is 10.6 Å². The predicted octanol–water partition coefficient (Wildman–Crippen LogP) is 3.29. The van der Waals surface area contributed by atoms with Crippen LogP contribution in [0.3, 0.4) is 0 Å². The molecule has 2 N–H and O–H groups in total. The van der Waals surface area contributed by atoms with Crippen LogP contribution in [0.25, 0.3) is 0 Å². The van der Waals surface area contributed by atoms with Crippen molar-refractivity contribution < 1.29 is 18.7 Å². The van der Waals surface area contributed by atoms with Gasteiger partial charge in [0, 0.05) is 12.1 Å². The largest absolute Gasteiger partial charge is 0.493 e. The van der Waals surface area contributed by atoms with Crippen LogP contribution in [0.1, 0.15) is 32.1 Å². The number of ether oxygens (including phenoxy) is 2. The van der Waals surface area contributed by atoms with E-state index in [1.165, 1.54) is 0 Å². The maximum Gasteiger partial charge on any atom is 0.258 e. The Balaban J connectivity index is 0.00000338. The normalized spacial score (nSPS) is 10.8. The summed E-state index contributed by atoms with van der Waals surface area (Å²) in [6.45, 7) is 7.05. The van der Waals surface area contributed by atoms with E-state index >= 15 is 0 Å². The molecular weight excluding hydrogens is 356 g/mol. The van der Waals surface area contributed by atoms with Gasteiger partial charge in [-0.2, -0.15) is 0 Å². The molecule has 2 rings (SSSR count). The third-order valence-corrected chi connectivity index (χ3v) is 3.31. The molecule has 0 aliphatic heterocycles. The number of carbonyl (C=O) groups excluding carboxylic acids is 1. The molecule has 0 radical (unpaired) electrons. The smallest absolute Gasteiger partial charge is 0.258 e. The highest BCUT2D eigenvalue weighted by atomic mass is 35.5. The molecule has 1 amide bonds. The van der Waals surface area contributed by atoms with Crippen LogP contribution in [0.15, 0.2) is 41.0 Å². The molecule has 0 saturated carbocycles. The van der Waals surface area contributed by atoms with Gasteiger partial charge in [0.05, 0.1) is 19.9 Å². The van der Waals surface area contributed by atoms with Crippen molar-refractivity contribution in [3.63, 3.8) is 0 Å². The zero-order chi connectivity index (χ0) is 18.3. The van der Waals surface area contributed by atoms with E-state index in [0.717, 1.165) is 11.3 Å². The molecule has 1 aromatic carbocycles. The molecule has 1 aromatic heterocycles. The fourth-order valence-corrected chi connectivity index (χ4v) is 2.28. The molecule has 0 spiro atoms. The first-order chi connectivity index (χ1) is 11.9. The highest BCUT2D eigenvalue weighted by Gasteiger charge is 2.15. The van der Waals surface area contributed by atoms with Crippen molar-refractivity contribution in [1.29, 1.82) is 0 Å². The topological polar surface area (TPSA) is 72.7 Å². The highest BCUT2D eigenvalue weighted by molar-refractivity contribution is 5.85. The lowest BCUT2D eigenvalue weighted by Crippen LogP contribution is -2.43. The number of halogens is 1. The second kappa shape index (κ2) is 10.1. The van der Waals surface area contributed by atoms with Gasteiger partial charge in [0.15, 0.2) is 18.1 Å². The van der Waals surface area contributed by atoms with Gasteiger partial charge in [-0.05, 0) is 50.6 Å². The summed E-state index contributed by atoms with van der Waals surface area (Å²) in [6, 6.07) is 9.43. The van der Waals surface area contributed by atoms with Crippen molar-refractivity contribution in [3.05, 3.63) is 47.9 Å². The van der Waals surface area contributed by atoms with Crippen LogP contribution >= 0.6 is 12.4 Å². The van der Waals surface area contributed by atoms with Gasteiger partial charge in [-0.15, -0.1) is 12.4 Å². The van der Waals surface area contributed by atoms with E-state index in [-0.39, 0.29) is 30.5 Å². The average Bonchev–Trinajstić information content (AvgIpc) is 3.05. The van der Waals surface area contributed by atoms with Gasteiger partial charge < -0.3 is 24.5 Å². The van der Waals surface area contributed by atoms with E-state index in [2.05, 4.69) is 10.6 Å². The quantitative estimate of drug-likeness (QED) is 0.732. The maximum absolute atomic E-state index is 11.9. The summed E-state index contributed by atoms with van der Waals surface area (Å²) in [5.41, 5.74) is 0.767. The monoisotopic (exact) mass is 382 g/mol. The summed E-state index contributed by atoms with van der Waals surface area (Å²) in [7, 11) is 1.58. The minimum atomic E-state index is -0.284. The molecule has 0 unspecified atom stereocenters. The Morgan fingerprint density at radius 3 is 2.54 bits per heavy atom. The lowest BCUT2D eigenvalue weighted by molar-refractivity contribution is -0.124. The van der Waals surface area contributed by atoms with Crippen molar-refractivity contribution in [2.45, 2.75) is 39.4 Å². The lowest BCUT2D eigenvalue weighted by atomic mass is 10.1. The average molecular weight is 383 g/mol. The van der Waals surface area contributed by atoms with Gasteiger partial charge in [-0.1, -0.05) is 6.07 Å². The van der Waals surface area contributed by atoms with Crippen molar-refractivity contribution in [2.24, 2.45) is 0 Å². The van der Waals surface area contributed by atoms with Gasteiger partial charge in [0.25, 0.3) is 5.91 Å². The molecule has 7 heteroatoms. The van der Waals surface area contributed by atoms with Gasteiger partial charge in [-0.25, -0.2) is 0 Å². The molecule has 0 fully saturated rings. The van der Waals surface area contributed by atoms with E-state index in [9.17, 15) is 4.79 Å². The van der Waals surface area contributed by atoms with Crippen LogP contribution in [0, 0.1) is 0 Å². The number of furan rings is 1. The number of amides is 1. The molecule has 0 aliphatic rings. The van der Waals surface area contributed by atoms with Crippen molar-refractivity contribution in [3.8, 4) is 11.5 Å². The van der Waals surface area contributed by atoms with Crippen LogP contribution in [-0.2, 0) is 17.9 Å². The highest BCUT2D eigenvalue weighted by Crippen LogP contribution is 2.28. The Kier molecular flexibility index (Phi) is 8.48. The van der Waals surface area contributed by atoms with Crippen molar-refractivity contribution >= 4 is 18.3 Å². The molecule has 6 nitrogen and oxygen atoms in total. The molecule has 1 heterocycles. The summed E-state index contributed by atoms with van der Waals surface area (Å²) >= 11 is 0. The molecule has 26 heavy (non-hydrogen) atoms. The number of methoxy groups -OCH3 is 1. The number of benzene rings is 1. The Morgan fingerprint density at radius 1 is 1.15 bits per heavy atom. The van der Waals surface area contributed by atoms with Gasteiger partial charge in [0.2, 0.25) is 0 Å². The van der Waals surface area contributed by atoms with E-state index in [1.807, 2.05) is 51.1 Å². The van der Waals surface area contributed by atoms with Gasteiger partial charge in [-0.3, -0.25) is 4.79 Å². The summed E-state index contributed by atoms with van der Waals surface area (Å²) in [6.07, 6.45) is 1.65. The Labute approximate surface area is 160 Å². The minimum Gasteiger partial charge on any atom is -0.493 e. The van der Waals surface area contributed by atoms with Crippen LogP contribution < -0.4 is 20.1 Å². The van der Waals surface area contributed by atoms with Gasteiger partial charge in [0.1, 0.15) is 5.76 Å². The van der Waals surface area contributed by atoms with Crippen LogP contribution in [0.2, 0.25) is 0 Å². The maximum atomic E-state index is 11.9. The fourth-order valence-electron chi connectivity index (χ4n) is 2.28. The summed E-state index contributed by atoms with van der Waals surface area (Å²) < 4.78 is 16.2. The fraction of sp³-hybridized carbons (Fsp3) is 0.421. The van der Waals surface area contributed by atoms with Crippen molar-refractivity contribution in [2.75, 3.05) is 13.7 Å². The third kappa shape index (κ3) is 7.37. The van der Waals surface area contributed by atoms with E-state index in [4.69, 9.17) is 13.9 Å². The molecule has 144 valence electrons. The van der Waals surface area contributed by atoms with E-state index < -0.39 is 0 Å². The number of carbonyl (C=O) groups is 1. The van der Waals surface area contributed by atoms with Gasteiger partial charge >= 0.3 is 0 Å². The molecule has 2 aromatic rings. The molecule has 0 aliphatic carbocycles. The third-order valence-electron chi connectivity index (χ3n) is 3.31. The number of hydrogen-bond donors (Lipinski definition) is 2. The molecule has 0 atom stereocenters. The number of hydrogen-bond acceptors (Lipinski definition) is 5. The summed E-state index contributed by atoms with van der Waals surface area (Å²) in [4.78, 5) is 11.9.